The van der Waals surface area contributed by atoms with Crippen molar-refractivity contribution >= 4 is 17.5 Å². The smallest absolute Gasteiger partial charge is 0.333 e. The number of nitro groups is 1. The van der Waals surface area contributed by atoms with Gasteiger partial charge in [-0.15, -0.1) is 0 Å². The predicted molar refractivity (Wildman–Crippen MR) is 76.3 cm³/mol. The van der Waals surface area contributed by atoms with Gasteiger partial charge in [0.2, 0.25) is 5.82 Å². The van der Waals surface area contributed by atoms with E-state index in [4.69, 9.17) is 0 Å². The number of aryl methyl sites for hydroxylation is 2. The van der Waals surface area contributed by atoms with Crippen molar-refractivity contribution in [1.82, 2.24) is 9.78 Å². The molecule has 1 aromatic rings. The lowest BCUT2D eigenvalue weighted by Crippen LogP contribution is -2.39. The van der Waals surface area contributed by atoms with E-state index in [1.807, 2.05) is 13.8 Å². The van der Waals surface area contributed by atoms with Gasteiger partial charge in [0, 0.05) is 20.1 Å². The largest absolute Gasteiger partial charge is 0.481 e. The summed E-state index contributed by atoms with van der Waals surface area (Å²) in [6.45, 7) is 6.08. The van der Waals surface area contributed by atoms with Gasteiger partial charge in [0.1, 0.15) is 5.69 Å². The maximum absolute atomic E-state index is 11.7. The third kappa shape index (κ3) is 2.24. The number of hydrogen-bond donors (Lipinski definition) is 1. The van der Waals surface area contributed by atoms with Crippen molar-refractivity contribution in [2.45, 2.75) is 27.2 Å². The fourth-order valence-corrected chi connectivity index (χ4v) is 3.11. The molecular weight excluding hydrogens is 276 g/mol. The fourth-order valence-electron chi connectivity index (χ4n) is 3.11. The van der Waals surface area contributed by atoms with Gasteiger partial charge in [-0.25, -0.2) is 4.68 Å². The number of nitrogens with zero attached hydrogens (tertiary/aromatic N) is 4. The number of aliphatic carboxylic acids is 1. The second kappa shape index (κ2) is 5.01. The van der Waals surface area contributed by atoms with E-state index in [2.05, 4.69) is 5.10 Å². The molecule has 1 aliphatic rings. The second-order valence-corrected chi connectivity index (χ2v) is 5.93. The topological polar surface area (TPSA) is 102 Å². The summed E-state index contributed by atoms with van der Waals surface area (Å²) in [6, 6.07) is 0. The Labute approximate surface area is 122 Å². The van der Waals surface area contributed by atoms with Gasteiger partial charge in [-0.3, -0.25) is 14.9 Å². The van der Waals surface area contributed by atoms with Crippen molar-refractivity contribution in [1.29, 1.82) is 0 Å². The Bertz CT molecular complexity index is 595. The van der Waals surface area contributed by atoms with Crippen molar-refractivity contribution in [3.05, 3.63) is 15.8 Å². The summed E-state index contributed by atoms with van der Waals surface area (Å²) in [5.41, 5.74) is -0.566. The Balaban J connectivity index is 2.43. The molecule has 1 atom stereocenters. The van der Waals surface area contributed by atoms with Crippen LogP contribution in [0.15, 0.2) is 0 Å². The molecule has 8 nitrogen and oxygen atoms in total. The van der Waals surface area contributed by atoms with E-state index in [1.165, 1.54) is 4.68 Å². The first-order chi connectivity index (χ1) is 9.70. The monoisotopic (exact) mass is 296 g/mol. The summed E-state index contributed by atoms with van der Waals surface area (Å²) < 4.78 is 1.46. The van der Waals surface area contributed by atoms with Crippen molar-refractivity contribution in [2.24, 2.45) is 18.4 Å². The highest BCUT2D eigenvalue weighted by Crippen LogP contribution is 2.42. The van der Waals surface area contributed by atoms with E-state index < -0.39 is 16.3 Å². The molecule has 1 aromatic heterocycles. The van der Waals surface area contributed by atoms with Crippen molar-refractivity contribution < 1.29 is 14.8 Å². The molecule has 0 amide bonds. The Morgan fingerprint density at radius 3 is 2.57 bits per heavy atom. The van der Waals surface area contributed by atoms with Crippen molar-refractivity contribution in [3.63, 3.8) is 0 Å². The van der Waals surface area contributed by atoms with Crippen molar-refractivity contribution in [2.75, 3.05) is 18.0 Å². The van der Waals surface area contributed by atoms with Gasteiger partial charge in [0.15, 0.2) is 0 Å². The normalized spacial score (nSPS) is 22.0. The fraction of sp³-hybridized carbons (Fsp3) is 0.692. The molecule has 2 rings (SSSR count). The molecule has 0 saturated carbocycles. The third-order valence-electron chi connectivity index (χ3n) is 4.48. The Morgan fingerprint density at radius 2 is 2.14 bits per heavy atom. The van der Waals surface area contributed by atoms with Crippen LogP contribution in [0.1, 0.15) is 26.0 Å². The van der Waals surface area contributed by atoms with E-state index in [-0.39, 0.29) is 18.2 Å². The number of carbonyl (C=O) groups is 1. The number of carboxylic acids is 1. The highest BCUT2D eigenvalue weighted by atomic mass is 16.6. The molecule has 0 aliphatic carbocycles. The van der Waals surface area contributed by atoms with Gasteiger partial charge in [0.25, 0.3) is 0 Å². The first-order valence-corrected chi connectivity index (χ1v) is 6.87. The summed E-state index contributed by atoms with van der Waals surface area (Å²) in [7, 11) is 1.64. The van der Waals surface area contributed by atoms with E-state index in [0.717, 1.165) is 0 Å². The minimum atomic E-state index is -0.869. The van der Waals surface area contributed by atoms with E-state index >= 15 is 0 Å². The van der Waals surface area contributed by atoms with E-state index in [9.17, 15) is 20.0 Å². The van der Waals surface area contributed by atoms with Crippen LogP contribution in [0.2, 0.25) is 0 Å². The Morgan fingerprint density at radius 1 is 1.52 bits per heavy atom. The molecular formula is C13H20N4O4. The zero-order chi connectivity index (χ0) is 15.9. The number of hydrogen-bond acceptors (Lipinski definition) is 5. The summed E-state index contributed by atoms with van der Waals surface area (Å²) in [5.74, 6) is -0.504. The van der Waals surface area contributed by atoms with Crippen LogP contribution in [0.25, 0.3) is 0 Å². The molecule has 0 bridgehead atoms. The van der Waals surface area contributed by atoms with E-state index in [0.29, 0.717) is 24.5 Å². The van der Waals surface area contributed by atoms with Crippen LogP contribution in [0, 0.1) is 28.4 Å². The maximum atomic E-state index is 11.7. The van der Waals surface area contributed by atoms with Crippen molar-refractivity contribution in [3.8, 4) is 0 Å². The lowest BCUT2D eigenvalue weighted by molar-refractivity contribution is -0.384. The third-order valence-corrected chi connectivity index (χ3v) is 4.48. The average Bonchev–Trinajstić information content (AvgIpc) is 2.90. The summed E-state index contributed by atoms with van der Waals surface area (Å²) in [6.07, 6.45) is 0.474. The van der Waals surface area contributed by atoms with Gasteiger partial charge in [-0.1, -0.05) is 13.8 Å². The highest BCUT2D eigenvalue weighted by molar-refractivity contribution is 5.77. The molecule has 1 saturated heterocycles. The lowest BCUT2D eigenvalue weighted by atomic mass is 9.76. The van der Waals surface area contributed by atoms with Crippen LogP contribution in [0.4, 0.5) is 11.5 Å². The molecule has 2 heterocycles. The quantitative estimate of drug-likeness (QED) is 0.668. The summed E-state index contributed by atoms with van der Waals surface area (Å²) in [5, 5.41) is 24.9. The molecule has 8 heteroatoms. The zero-order valence-corrected chi connectivity index (χ0v) is 12.7. The first kappa shape index (κ1) is 15.3. The molecule has 116 valence electrons. The molecule has 0 aromatic carbocycles. The second-order valence-electron chi connectivity index (χ2n) is 5.93. The van der Waals surface area contributed by atoms with Gasteiger partial charge >= 0.3 is 11.7 Å². The van der Waals surface area contributed by atoms with Gasteiger partial charge in [0.05, 0.1) is 10.3 Å². The average molecular weight is 296 g/mol. The minimum Gasteiger partial charge on any atom is -0.481 e. The molecule has 1 N–H and O–H groups in total. The highest BCUT2D eigenvalue weighted by Gasteiger charge is 2.49. The van der Waals surface area contributed by atoms with Crippen LogP contribution in [0.3, 0.4) is 0 Å². The number of rotatable bonds is 4. The Hall–Kier alpha value is -2.12. The summed E-state index contributed by atoms with van der Waals surface area (Å²) >= 11 is 0. The predicted octanol–water partition coefficient (Wildman–Crippen LogP) is 1.57. The van der Waals surface area contributed by atoms with E-state index in [1.54, 1.807) is 18.9 Å². The van der Waals surface area contributed by atoms with Crippen LogP contribution in [0.5, 0.6) is 0 Å². The summed E-state index contributed by atoms with van der Waals surface area (Å²) in [4.78, 5) is 24.2. The number of carboxylic acid groups (broad SMARTS) is 1. The maximum Gasteiger partial charge on any atom is 0.333 e. The van der Waals surface area contributed by atoms with Crippen LogP contribution in [-0.4, -0.2) is 38.9 Å². The van der Waals surface area contributed by atoms with Gasteiger partial charge in [-0.05, 0) is 19.3 Å². The Kier molecular flexibility index (Phi) is 3.65. The van der Waals surface area contributed by atoms with Crippen LogP contribution >= 0.6 is 0 Å². The van der Waals surface area contributed by atoms with Gasteiger partial charge in [-0.2, -0.15) is 5.10 Å². The molecule has 0 radical (unpaired) electrons. The standard InChI is InChI=1S/C13H20N4O4/c1-8(2)13(12(18)19)5-6-16(7-13)11-10(17(20)21)9(3)14-15(11)4/h8H,5-7H2,1-4H3,(H,18,19). The number of aromatic nitrogens is 2. The lowest BCUT2D eigenvalue weighted by Gasteiger charge is -2.28. The minimum absolute atomic E-state index is 0.0394. The van der Waals surface area contributed by atoms with Gasteiger partial charge < -0.3 is 10.0 Å². The zero-order valence-electron chi connectivity index (χ0n) is 12.7. The molecule has 1 fully saturated rings. The molecule has 1 unspecified atom stereocenters. The molecule has 21 heavy (non-hydrogen) atoms. The number of anilines is 1. The van der Waals surface area contributed by atoms with Crippen LogP contribution in [-0.2, 0) is 11.8 Å². The molecule has 1 aliphatic heterocycles. The molecule has 0 spiro atoms. The first-order valence-electron chi connectivity index (χ1n) is 6.87. The SMILES string of the molecule is Cc1nn(C)c(N2CCC(C(=O)O)(C(C)C)C2)c1[N+](=O)[O-]. The van der Waals surface area contributed by atoms with Crippen LogP contribution < -0.4 is 4.90 Å².